The molecule has 3 aliphatic rings. The molecular weight excluding hydrogens is 268 g/mol. The normalized spacial score (nSPS) is 33.7. The quantitative estimate of drug-likeness (QED) is 0.460. The average molecular weight is 280 g/mol. The molecule has 8 heteroatoms. The van der Waals surface area contributed by atoms with Gasteiger partial charge in [0.25, 0.3) is 0 Å². The number of carbonyl (C=O) groups excluding carboxylic acids is 3. The monoisotopic (exact) mass is 280 g/mol. The van der Waals surface area contributed by atoms with Gasteiger partial charge in [-0.2, -0.15) is 0 Å². The number of amides is 3. The van der Waals surface area contributed by atoms with Crippen LogP contribution < -0.4 is 5.32 Å². The van der Waals surface area contributed by atoms with E-state index in [-0.39, 0.29) is 0 Å². The summed E-state index contributed by atoms with van der Waals surface area (Å²) in [6.07, 6.45) is 2.72. The Hall–Kier alpha value is -2.22. The lowest BCUT2D eigenvalue weighted by molar-refractivity contribution is -0.145. The molecule has 4 unspecified atom stereocenters. The van der Waals surface area contributed by atoms with Gasteiger partial charge in [0.1, 0.15) is 13.1 Å². The summed E-state index contributed by atoms with van der Waals surface area (Å²) >= 11 is 0. The highest BCUT2D eigenvalue weighted by atomic mass is 16.5. The molecule has 20 heavy (non-hydrogen) atoms. The van der Waals surface area contributed by atoms with Crippen LogP contribution in [0.15, 0.2) is 12.2 Å². The van der Waals surface area contributed by atoms with Crippen molar-refractivity contribution in [3.63, 3.8) is 0 Å². The van der Waals surface area contributed by atoms with Gasteiger partial charge < -0.3 is 15.2 Å². The predicted molar refractivity (Wildman–Crippen MR) is 62.1 cm³/mol. The molecule has 2 N–H and O–H groups in total. The second-order valence-electron chi connectivity index (χ2n) is 4.93. The number of hydrogen-bond donors (Lipinski definition) is 2. The third-order valence-corrected chi connectivity index (χ3v) is 3.74. The molecule has 3 rings (SSSR count). The molecule has 4 atom stereocenters. The molecule has 3 aliphatic heterocycles. The molecule has 0 radical (unpaired) electrons. The number of aliphatic carboxylic acids is 1. The van der Waals surface area contributed by atoms with Crippen LogP contribution in [0.25, 0.3) is 0 Å². The van der Waals surface area contributed by atoms with E-state index >= 15 is 0 Å². The van der Waals surface area contributed by atoms with Crippen molar-refractivity contribution in [2.75, 3.05) is 13.1 Å². The number of carboxylic acids is 1. The standard InChI is InChI=1S/C12H12N2O6/c15-7(13-3-8(16)17)4-14-11(18)9-5-1-2-6(20-5)10(9)12(14)19/h1-2,5-6,9-10H,3-4H2,(H,13,15)(H,16,17). The Bertz CT molecular complexity index is 512. The molecule has 0 aliphatic carbocycles. The molecule has 2 bridgehead atoms. The number of likely N-dealkylation sites (tertiary alicyclic amines) is 1. The van der Waals surface area contributed by atoms with Crippen molar-refractivity contribution >= 4 is 23.7 Å². The molecule has 2 fully saturated rings. The van der Waals surface area contributed by atoms with Gasteiger partial charge in [-0.15, -0.1) is 0 Å². The fourth-order valence-corrected chi connectivity index (χ4v) is 2.89. The number of ether oxygens (including phenoxy) is 1. The summed E-state index contributed by atoms with van der Waals surface area (Å²) in [6, 6.07) is 0. The molecule has 0 aromatic carbocycles. The summed E-state index contributed by atoms with van der Waals surface area (Å²) in [5.41, 5.74) is 0. The van der Waals surface area contributed by atoms with E-state index in [0.29, 0.717) is 0 Å². The molecule has 0 aromatic rings. The van der Waals surface area contributed by atoms with Gasteiger partial charge >= 0.3 is 5.97 Å². The summed E-state index contributed by atoms with van der Waals surface area (Å²) < 4.78 is 5.45. The van der Waals surface area contributed by atoms with Crippen molar-refractivity contribution in [3.05, 3.63) is 12.2 Å². The molecule has 2 saturated heterocycles. The van der Waals surface area contributed by atoms with Crippen LogP contribution in [0.5, 0.6) is 0 Å². The van der Waals surface area contributed by atoms with E-state index in [4.69, 9.17) is 9.84 Å². The van der Waals surface area contributed by atoms with Crippen LogP contribution in [-0.4, -0.2) is 59.0 Å². The number of nitrogens with zero attached hydrogens (tertiary/aromatic N) is 1. The van der Waals surface area contributed by atoms with Crippen LogP contribution in [0.1, 0.15) is 0 Å². The highest BCUT2D eigenvalue weighted by Crippen LogP contribution is 2.44. The van der Waals surface area contributed by atoms with Gasteiger partial charge in [-0.1, -0.05) is 12.2 Å². The largest absolute Gasteiger partial charge is 0.480 e. The summed E-state index contributed by atoms with van der Waals surface area (Å²) in [5.74, 6) is -3.82. The van der Waals surface area contributed by atoms with E-state index in [9.17, 15) is 19.2 Å². The minimum Gasteiger partial charge on any atom is -0.480 e. The van der Waals surface area contributed by atoms with Crippen LogP contribution in [0.3, 0.4) is 0 Å². The molecule has 3 heterocycles. The molecule has 106 valence electrons. The number of imide groups is 1. The van der Waals surface area contributed by atoms with Crippen LogP contribution in [0, 0.1) is 11.8 Å². The van der Waals surface area contributed by atoms with E-state index < -0.39 is 60.8 Å². The van der Waals surface area contributed by atoms with E-state index in [1.807, 2.05) is 0 Å². The maximum absolute atomic E-state index is 12.2. The van der Waals surface area contributed by atoms with E-state index in [2.05, 4.69) is 5.32 Å². The zero-order valence-electron chi connectivity index (χ0n) is 10.3. The summed E-state index contributed by atoms with van der Waals surface area (Å²) in [5, 5.41) is 10.6. The third kappa shape index (κ3) is 1.80. The average Bonchev–Trinajstić information content (AvgIpc) is 3.06. The Labute approximate surface area is 113 Å². The Morgan fingerprint density at radius 3 is 2.25 bits per heavy atom. The van der Waals surface area contributed by atoms with Crippen LogP contribution in [0.2, 0.25) is 0 Å². The van der Waals surface area contributed by atoms with E-state index in [1.54, 1.807) is 12.2 Å². The van der Waals surface area contributed by atoms with Crippen molar-refractivity contribution in [1.29, 1.82) is 0 Å². The first-order valence-corrected chi connectivity index (χ1v) is 6.16. The van der Waals surface area contributed by atoms with Gasteiger partial charge in [-0.25, -0.2) is 0 Å². The molecule has 0 saturated carbocycles. The van der Waals surface area contributed by atoms with Gasteiger partial charge in [0.15, 0.2) is 0 Å². The summed E-state index contributed by atoms with van der Waals surface area (Å²) in [7, 11) is 0. The van der Waals surface area contributed by atoms with Crippen molar-refractivity contribution in [1.82, 2.24) is 10.2 Å². The Balaban J connectivity index is 1.67. The molecule has 3 amide bonds. The number of carbonyl (C=O) groups is 4. The minimum atomic E-state index is -1.19. The minimum absolute atomic E-state index is 0.395. The smallest absolute Gasteiger partial charge is 0.322 e. The van der Waals surface area contributed by atoms with Crippen LogP contribution in [-0.2, 0) is 23.9 Å². The number of hydrogen-bond acceptors (Lipinski definition) is 5. The van der Waals surface area contributed by atoms with Crippen LogP contribution in [0.4, 0.5) is 0 Å². The van der Waals surface area contributed by atoms with Gasteiger partial charge in [-0.05, 0) is 0 Å². The molecule has 0 spiro atoms. The lowest BCUT2D eigenvalue weighted by Gasteiger charge is -2.16. The molecular formula is C12H12N2O6. The number of carboxylic acid groups (broad SMARTS) is 1. The maximum Gasteiger partial charge on any atom is 0.322 e. The van der Waals surface area contributed by atoms with Crippen molar-refractivity contribution in [2.24, 2.45) is 11.8 Å². The highest BCUT2D eigenvalue weighted by Gasteiger charge is 2.60. The fraction of sp³-hybridized carbons (Fsp3) is 0.500. The lowest BCUT2D eigenvalue weighted by atomic mass is 9.85. The number of fused-ring (bicyclic) bond motifs is 5. The Morgan fingerprint density at radius 1 is 1.20 bits per heavy atom. The number of rotatable bonds is 4. The maximum atomic E-state index is 12.2. The highest BCUT2D eigenvalue weighted by molar-refractivity contribution is 6.08. The molecule has 8 nitrogen and oxygen atoms in total. The SMILES string of the molecule is O=C(O)CNC(=O)CN1C(=O)C2C3C=CC(O3)C2C1=O. The first-order valence-electron chi connectivity index (χ1n) is 6.16. The third-order valence-electron chi connectivity index (χ3n) is 3.74. The first kappa shape index (κ1) is 12.8. The van der Waals surface area contributed by atoms with E-state index in [1.165, 1.54) is 0 Å². The Kier molecular flexibility index (Phi) is 2.82. The van der Waals surface area contributed by atoms with E-state index in [0.717, 1.165) is 4.90 Å². The first-order chi connectivity index (χ1) is 9.49. The second-order valence-corrected chi connectivity index (χ2v) is 4.93. The zero-order valence-corrected chi connectivity index (χ0v) is 10.3. The topological polar surface area (TPSA) is 113 Å². The van der Waals surface area contributed by atoms with Gasteiger partial charge in [-0.3, -0.25) is 24.1 Å². The van der Waals surface area contributed by atoms with Crippen LogP contribution >= 0.6 is 0 Å². The van der Waals surface area contributed by atoms with Gasteiger partial charge in [0.2, 0.25) is 17.7 Å². The predicted octanol–water partition coefficient (Wildman–Crippen LogP) is -1.87. The zero-order chi connectivity index (χ0) is 14.4. The van der Waals surface area contributed by atoms with Crippen molar-refractivity contribution in [3.8, 4) is 0 Å². The Morgan fingerprint density at radius 2 is 1.75 bits per heavy atom. The lowest BCUT2D eigenvalue weighted by Crippen LogP contribution is -2.43. The summed E-state index contributed by atoms with van der Waals surface area (Å²) in [6.45, 7) is -0.991. The van der Waals surface area contributed by atoms with Crippen molar-refractivity contribution in [2.45, 2.75) is 12.2 Å². The van der Waals surface area contributed by atoms with Crippen molar-refractivity contribution < 1.29 is 29.0 Å². The van der Waals surface area contributed by atoms with Gasteiger partial charge in [0, 0.05) is 0 Å². The molecule has 0 aromatic heterocycles. The second kappa shape index (κ2) is 4.41. The number of nitrogens with one attached hydrogen (secondary N) is 1. The fourth-order valence-electron chi connectivity index (χ4n) is 2.89. The van der Waals surface area contributed by atoms with Gasteiger partial charge in [0.05, 0.1) is 24.0 Å². The summed E-state index contributed by atoms with van der Waals surface area (Å²) in [4.78, 5) is 47.1.